The summed E-state index contributed by atoms with van der Waals surface area (Å²) < 4.78 is 0. The van der Waals surface area contributed by atoms with Crippen LogP contribution in [0.2, 0.25) is 0 Å². The zero-order valence-electron chi connectivity index (χ0n) is 9.84. The van der Waals surface area contributed by atoms with Crippen molar-refractivity contribution in [1.29, 1.82) is 0 Å². The molecule has 1 nitrogen and oxygen atoms in total. The molecule has 14 heavy (non-hydrogen) atoms. The van der Waals surface area contributed by atoms with Gasteiger partial charge in [-0.05, 0) is 50.4 Å². The highest BCUT2D eigenvalue weighted by atomic mass is 16.3. The predicted octanol–water partition coefficient (Wildman–Crippen LogP) is 3.53. The maximum Gasteiger partial charge on any atom is 0.0620 e. The lowest BCUT2D eigenvalue weighted by molar-refractivity contribution is -0.0122. The van der Waals surface area contributed by atoms with Crippen LogP contribution in [0.4, 0.5) is 0 Å². The zero-order chi connectivity index (χ0) is 10.8. The first-order valence-corrected chi connectivity index (χ1v) is 5.71. The van der Waals surface area contributed by atoms with Crippen LogP contribution < -0.4 is 0 Å². The van der Waals surface area contributed by atoms with Crippen molar-refractivity contribution >= 4 is 0 Å². The van der Waals surface area contributed by atoms with Gasteiger partial charge in [-0.25, -0.2) is 0 Å². The molecule has 1 aliphatic rings. The van der Waals surface area contributed by atoms with E-state index in [0.717, 1.165) is 38.0 Å². The molecular formula is C13H24O. The summed E-state index contributed by atoms with van der Waals surface area (Å²) in [5, 5.41) is 9.87. The van der Waals surface area contributed by atoms with Crippen LogP contribution in [0, 0.1) is 11.3 Å². The molecule has 0 aromatic carbocycles. The smallest absolute Gasteiger partial charge is 0.0620 e. The standard InChI is InChI=1S/C13H24O/c1-5-8-12(2,3)11-6-9-13(4,14)10-7-11/h5,11,14H,1,6-10H2,2-4H3/t11-,13+. The van der Waals surface area contributed by atoms with Gasteiger partial charge in [-0.1, -0.05) is 19.9 Å². The molecule has 0 heterocycles. The van der Waals surface area contributed by atoms with E-state index in [1.165, 1.54) is 0 Å². The first-order valence-electron chi connectivity index (χ1n) is 5.71. The minimum absolute atomic E-state index is 0.359. The minimum Gasteiger partial charge on any atom is -0.390 e. The topological polar surface area (TPSA) is 20.2 Å². The van der Waals surface area contributed by atoms with Gasteiger partial charge < -0.3 is 5.11 Å². The number of allylic oxidation sites excluding steroid dienone is 1. The van der Waals surface area contributed by atoms with E-state index in [-0.39, 0.29) is 0 Å². The lowest BCUT2D eigenvalue weighted by atomic mass is 9.66. The Kier molecular flexibility index (Phi) is 3.41. The second-order valence-corrected chi connectivity index (χ2v) is 5.75. The van der Waals surface area contributed by atoms with E-state index >= 15 is 0 Å². The van der Waals surface area contributed by atoms with Gasteiger partial charge in [-0.2, -0.15) is 0 Å². The molecule has 0 radical (unpaired) electrons. The Balaban J connectivity index is 2.52. The molecule has 0 saturated heterocycles. The molecule has 0 atom stereocenters. The van der Waals surface area contributed by atoms with Gasteiger partial charge in [-0.15, -0.1) is 6.58 Å². The monoisotopic (exact) mass is 196 g/mol. The second-order valence-electron chi connectivity index (χ2n) is 5.75. The molecule has 0 amide bonds. The second kappa shape index (κ2) is 4.06. The number of hydrogen-bond acceptors (Lipinski definition) is 1. The highest BCUT2D eigenvalue weighted by Gasteiger charge is 2.35. The van der Waals surface area contributed by atoms with Crippen LogP contribution in [0.15, 0.2) is 12.7 Å². The molecule has 0 aliphatic heterocycles. The lowest BCUT2D eigenvalue weighted by Gasteiger charge is -2.41. The van der Waals surface area contributed by atoms with Gasteiger partial charge >= 0.3 is 0 Å². The van der Waals surface area contributed by atoms with Crippen LogP contribution in [0.3, 0.4) is 0 Å². The lowest BCUT2D eigenvalue weighted by Crippen LogP contribution is -2.35. The normalized spacial score (nSPS) is 34.1. The van der Waals surface area contributed by atoms with Crippen LogP contribution in [0.1, 0.15) is 52.9 Å². The number of hydrogen-bond donors (Lipinski definition) is 1. The Labute approximate surface area is 88.2 Å². The van der Waals surface area contributed by atoms with E-state index in [9.17, 15) is 5.11 Å². The van der Waals surface area contributed by atoms with E-state index in [1.807, 2.05) is 13.0 Å². The number of rotatable bonds is 3. The third-order valence-corrected chi connectivity index (χ3v) is 3.84. The van der Waals surface area contributed by atoms with Crippen molar-refractivity contribution in [2.75, 3.05) is 0 Å². The van der Waals surface area contributed by atoms with Crippen LogP contribution in [-0.2, 0) is 0 Å². The van der Waals surface area contributed by atoms with E-state index in [4.69, 9.17) is 0 Å². The van der Waals surface area contributed by atoms with Crippen molar-refractivity contribution in [3.63, 3.8) is 0 Å². The fourth-order valence-corrected chi connectivity index (χ4v) is 2.56. The molecule has 1 saturated carbocycles. The van der Waals surface area contributed by atoms with Gasteiger partial charge in [0.1, 0.15) is 0 Å². The first kappa shape index (κ1) is 11.8. The molecule has 1 heteroatoms. The molecule has 0 spiro atoms. The van der Waals surface area contributed by atoms with Gasteiger partial charge in [0.2, 0.25) is 0 Å². The van der Waals surface area contributed by atoms with Crippen LogP contribution in [0.5, 0.6) is 0 Å². The fraction of sp³-hybridized carbons (Fsp3) is 0.846. The fourth-order valence-electron chi connectivity index (χ4n) is 2.56. The van der Waals surface area contributed by atoms with Crippen molar-refractivity contribution in [3.8, 4) is 0 Å². The highest BCUT2D eigenvalue weighted by Crippen LogP contribution is 2.43. The van der Waals surface area contributed by atoms with E-state index in [2.05, 4.69) is 20.4 Å². The Morgan fingerprint density at radius 1 is 1.43 bits per heavy atom. The molecule has 0 aromatic heterocycles. The van der Waals surface area contributed by atoms with Crippen LogP contribution >= 0.6 is 0 Å². The summed E-state index contributed by atoms with van der Waals surface area (Å²) in [5.41, 5.74) is -0.0426. The van der Waals surface area contributed by atoms with E-state index < -0.39 is 5.60 Å². The summed E-state index contributed by atoms with van der Waals surface area (Å²) in [4.78, 5) is 0. The van der Waals surface area contributed by atoms with E-state index in [1.54, 1.807) is 0 Å². The average molecular weight is 196 g/mol. The summed E-state index contributed by atoms with van der Waals surface area (Å²) in [6, 6.07) is 0. The highest BCUT2D eigenvalue weighted by molar-refractivity contribution is 4.91. The first-order chi connectivity index (χ1) is 6.37. The maximum absolute atomic E-state index is 9.87. The van der Waals surface area contributed by atoms with Gasteiger partial charge in [0.15, 0.2) is 0 Å². The maximum atomic E-state index is 9.87. The van der Waals surface area contributed by atoms with Crippen molar-refractivity contribution in [2.45, 2.75) is 58.5 Å². The van der Waals surface area contributed by atoms with Gasteiger partial charge in [0.05, 0.1) is 5.60 Å². The minimum atomic E-state index is -0.402. The zero-order valence-corrected chi connectivity index (χ0v) is 9.84. The largest absolute Gasteiger partial charge is 0.390 e. The molecule has 1 N–H and O–H groups in total. The Morgan fingerprint density at radius 3 is 2.36 bits per heavy atom. The molecule has 1 fully saturated rings. The summed E-state index contributed by atoms with van der Waals surface area (Å²) >= 11 is 0. The third-order valence-electron chi connectivity index (χ3n) is 3.84. The average Bonchev–Trinajstić information content (AvgIpc) is 2.03. The van der Waals surface area contributed by atoms with Crippen LogP contribution in [0.25, 0.3) is 0 Å². The van der Waals surface area contributed by atoms with Crippen molar-refractivity contribution in [1.82, 2.24) is 0 Å². The van der Waals surface area contributed by atoms with Crippen molar-refractivity contribution in [2.24, 2.45) is 11.3 Å². The molecule has 0 unspecified atom stereocenters. The summed E-state index contributed by atoms with van der Waals surface area (Å²) in [6.45, 7) is 10.4. The molecule has 1 aliphatic carbocycles. The molecular weight excluding hydrogens is 172 g/mol. The summed E-state index contributed by atoms with van der Waals surface area (Å²) in [7, 11) is 0. The summed E-state index contributed by atoms with van der Waals surface area (Å²) in [5.74, 6) is 0.751. The molecule has 0 bridgehead atoms. The number of aliphatic hydroxyl groups is 1. The molecule has 1 rings (SSSR count). The van der Waals surface area contributed by atoms with Gasteiger partial charge in [0.25, 0.3) is 0 Å². The summed E-state index contributed by atoms with van der Waals surface area (Å²) in [6.07, 6.45) is 7.34. The van der Waals surface area contributed by atoms with E-state index in [0.29, 0.717) is 5.41 Å². The van der Waals surface area contributed by atoms with Crippen molar-refractivity contribution < 1.29 is 5.11 Å². The van der Waals surface area contributed by atoms with Gasteiger partial charge in [-0.3, -0.25) is 0 Å². The Morgan fingerprint density at radius 2 is 1.93 bits per heavy atom. The quantitative estimate of drug-likeness (QED) is 0.685. The third kappa shape index (κ3) is 2.84. The Hall–Kier alpha value is -0.300. The SMILES string of the molecule is C=CCC(C)(C)[C@H]1CC[C@@](C)(O)CC1. The Bertz CT molecular complexity index is 193. The van der Waals surface area contributed by atoms with Crippen LogP contribution in [-0.4, -0.2) is 10.7 Å². The van der Waals surface area contributed by atoms with Crippen molar-refractivity contribution in [3.05, 3.63) is 12.7 Å². The molecule has 0 aromatic rings. The molecule has 82 valence electrons. The predicted molar refractivity (Wildman–Crippen MR) is 61.2 cm³/mol. The van der Waals surface area contributed by atoms with Gasteiger partial charge in [0, 0.05) is 0 Å².